The number of para-hydroxylation sites is 1. The number of hydrazine groups is 1. The van der Waals surface area contributed by atoms with Crippen LogP contribution in [-0.4, -0.2) is 36.0 Å². The minimum absolute atomic E-state index is 0.400. The van der Waals surface area contributed by atoms with Crippen molar-refractivity contribution in [2.45, 2.75) is 44.4 Å². The number of carbonyl (C=O) groups excluding carboxylic acids is 3. The molecular formula is C22H23F3N4O3. The normalized spacial score (nSPS) is 17.5. The molecule has 0 bridgehead atoms. The molecule has 32 heavy (non-hydrogen) atoms. The molecule has 0 saturated heterocycles. The van der Waals surface area contributed by atoms with Crippen LogP contribution in [0.1, 0.15) is 31.7 Å². The van der Waals surface area contributed by atoms with Crippen LogP contribution in [0.5, 0.6) is 0 Å². The van der Waals surface area contributed by atoms with Crippen molar-refractivity contribution >= 4 is 23.4 Å². The van der Waals surface area contributed by atoms with Gasteiger partial charge in [-0.05, 0) is 31.0 Å². The van der Waals surface area contributed by atoms with E-state index in [4.69, 9.17) is 5.73 Å². The van der Waals surface area contributed by atoms with Crippen molar-refractivity contribution in [2.24, 2.45) is 5.73 Å². The molecule has 2 unspecified atom stereocenters. The van der Waals surface area contributed by atoms with E-state index in [2.05, 4.69) is 10.7 Å². The van der Waals surface area contributed by atoms with Gasteiger partial charge in [-0.2, -0.15) is 13.2 Å². The van der Waals surface area contributed by atoms with E-state index >= 15 is 0 Å². The van der Waals surface area contributed by atoms with Gasteiger partial charge in [-0.15, -0.1) is 0 Å². The highest BCUT2D eigenvalue weighted by Gasteiger charge is 2.35. The Morgan fingerprint density at radius 3 is 2.31 bits per heavy atom. The van der Waals surface area contributed by atoms with Gasteiger partial charge in [0, 0.05) is 5.56 Å². The summed E-state index contributed by atoms with van der Waals surface area (Å²) in [7, 11) is 0. The third kappa shape index (κ3) is 4.91. The number of nitrogens with two attached hydrogens (primary N) is 1. The minimum atomic E-state index is -4.62. The topological polar surface area (TPSA) is 105 Å². The van der Waals surface area contributed by atoms with Crippen molar-refractivity contribution in [1.29, 1.82) is 0 Å². The van der Waals surface area contributed by atoms with Gasteiger partial charge in [0.15, 0.2) is 0 Å². The second-order valence-corrected chi connectivity index (χ2v) is 7.63. The Balaban J connectivity index is 1.81. The van der Waals surface area contributed by atoms with Crippen LogP contribution in [0.4, 0.5) is 18.9 Å². The van der Waals surface area contributed by atoms with Crippen molar-refractivity contribution in [3.8, 4) is 11.1 Å². The molecule has 1 heterocycles. The lowest BCUT2D eigenvalue weighted by molar-refractivity contribution is -0.148. The van der Waals surface area contributed by atoms with Crippen molar-refractivity contribution in [3.05, 3.63) is 54.1 Å². The summed E-state index contributed by atoms with van der Waals surface area (Å²) in [6.07, 6.45) is -6.13. The molecule has 170 valence electrons. The van der Waals surface area contributed by atoms with Crippen LogP contribution >= 0.6 is 0 Å². The number of benzene rings is 2. The van der Waals surface area contributed by atoms with Gasteiger partial charge in [-0.1, -0.05) is 42.5 Å². The second kappa shape index (κ2) is 8.99. The molecule has 0 aromatic heterocycles. The number of nitrogens with zero attached hydrogens (tertiary/aromatic N) is 1. The smallest absolute Gasteiger partial charge is 0.343 e. The SMILES string of the molecule is CC1C(=O)N(NC(=O)[C@H](C)NC(=O)C(N)CC(F)(F)F)c2ccccc2-c2ccccc21. The molecule has 0 radical (unpaired) electrons. The molecule has 0 saturated carbocycles. The first kappa shape index (κ1) is 23.3. The standard InChI is InChI=1S/C22H23F3N4O3/c1-12-14-7-3-4-8-15(14)16-9-5-6-10-18(16)29(21(12)32)28-19(30)13(2)27-20(31)17(26)11-22(23,24)25/h3-10,12-13,17H,11,26H2,1-2H3,(H,27,31)(H,28,30)/t12?,13-,17?/m0/s1. The second-order valence-electron chi connectivity index (χ2n) is 7.63. The Hall–Kier alpha value is -3.40. The Morgan fingerprint density at radius 1 is 1.06 bits per heavy atom. The van der Waals surface area contributed by atoms with Gasteiger partial charge in [0.25, 0.3) is 11.8 Å². The van der Waals surface area contributed by atoms with E-state index in [1.165, 1.54) is 6.92 Å². The van der Waals surface area contributed by atoms with Gasteiger partial charge in [0.1, 0.15) is 6.04 Å². The average Bonchev–Trinajstić information content (AvgIpc) is 2.82. The van der Waals surface area contributed by atoms with E-state index in [0.717, 1.165) is 21.7 Å². The van der Waals surface area contributed by atoms with Gasteiger partial charge in [-0.3, -0.25) is 19.8 Å². The lowest BCUT2D eigenvalue weighted by atomic mass is 9.92. The van der Waals surface area contributed by atoms with Crippen LogP contribution in [0.15, 0.2) is 48.5 Å². The molecule has 10 heteroatoms. The number of alkyl halides is 3. The fraction of sp³-hybridized carbons (Fsp3) is 0.318. The average molecular weight is 448 g/mol. The number of amides is 3. The number of rotatable bonds is 5. The molecule has 0 aliphatic carbocycles. The number of hydrogen-bond acceptors (Lipinski definition) is 4. The molecule has 3 atom stereocenters. The van der Waals surface area contributed by atoms with E-state index in [0.29, 0.717) is 5.69 Å². The summed E-state index contributed by atoms with van der Waals surface area (Å²) in [5.41, 5.74) is 10.6. The van der Waals surface area contributed by atoms with Gasteiger partial charge >= 0.3 is 6.18 Å². The Kier molecular flexibility index (Phi) is 6.54. The summed E-state index contributed by atoms with van der Waals surface area (Å²) in [6, 6.07) is 11.3. The van der Waals surface area contributed by atoms with Crippen molar-refractivity contribution in [3.63, 3.8) is 0 Å². The molecule has 2 aromatic carbocycles. The van der Waals surface area contributed by atoms with Crippen LogP contribution in [0, 0.1) is 0 Å². The molecule has 2 aromatic rings. The lowest BCUT2D eigenvalue weighted by Crippen LogP contribution is -2.56. The minimum Gasteiger partial charge on any atom is -0.343 e. The molecule has 1 aliphatic rings. The van der Waals surface area contributed by atoms with Crippen LogP contribution in [0.25, 0.3) is 11.1 Å². The van der Waals surface area contributed by atoms with Crippen LogP contribution in [-0.2, 0) is 14.4 Å². The van der Waals surface area contributed by atoms with Gasteiger partial charge < -0.3 is 11.1 Å². The molecule has 3 rings (SSSR count). The van der Waals surface area contributed by atoms with Crippen LogP contribution in [0.3, 0.4) is 0 Å². The van der Waals surface area contributed by atoms with Crippen molar-refractivity contribution in [2.75, 3.05) is 5.01 Å². The molecule has 4 N–H and O–H groups in total. The summed E-state index contributed by atoms with van der Waals surface area (Å²) in [6.45, 7) is 3.01. The maximum absolute atomic E-state index is 13.2. The first-order chi connectivity index (χ1) is 15.0. The van der Waals surface area contributed by atoms with Crippen LogP contribution < -0.4 is 21.5 Å². The third-order valence-electron chi connectivity index (χ3n) is 5.22. The van der Waals surface area contributed by atoms with E-state index < -0.39 is 48.3 Å². The maximum Gasteiger partial charge on any atom is 0.391 e. The summed E-state index contributed by atoms with van der Waals surface area (Å²) in [5.74, 6) is -2.88. The third-order valence-corrected chi connectivity index (χ3v) is 5.22. The lowest BCUT2D eigenvalue weighted by Gasteiger charge is -2.27. The zero-order chi connectivity index (χ0) is 23.6. The zero-order valence-electron chi connectivity index (χ0n) is 17.4. The highest BCUT2D eigenvalue weighted by Crippen LogP contribution is 2.39. The molecule has 0 fully saturated rings. The highest BCUT2D eigenvalue weighted by molar-refractivity contribution is 6.06. The molecular weight excluding hydrogens is 425 g/mol. The molecule has 3 amide bonds. The Labute approximate surface area is 182 Å². The number of nitrogens with one attached hydrogen (secondary N) is 2. The van der Waals surface area contributed by atoms with Crippen molar-refractivity contribution in [1.82, 2.24) is 10.7 Å². The summed E-state index contributed by atoms with van der Waals surface area (Å²) >= 11 is 0. The monoisotopic (exact) mass is 448 g/mol. The fourth-order valence-corrected chi connectivity index (χ4v) is 3.51. The number of fused-ring (bicyclic) bond motifs is 3. The van der Waals surface area contributed by atoms with Gasteiger partial charge in [-0.25, -0.2) is 5.01 Å². The molecule has 0 spiro atoms. The molecule has 7 nitrogen and oxygen atoms in total. The Bertz CT molecular complexity index is 1040. The number of hydrogen-bond donors (Lipinski definition) is 3. The first-order valence-electron chi connectivity index (χ1n) is 9.95. The predicted molar refractivity (Wildman–Crippen MR) is 112 cm³/mol. The first-order valence-corrected chi connectivity index (χ1v) is 9.95. The predicted octanol–water partition coefficient (Wildman–Crippen LogP) is 2.62. The van der Waals surface area contributed by atoms with E-state index in [-0.39, 0.29) is 0 Å². The van der Waals surface area contributed by atoms with Gasteiger partial charge in [0.05, 0.1) is 24.1 Å². The quantitative estimate of drug-likeness (QED) is 0.654. The molecule has 1 aliphatic heterocycles. The fourth-order valence-electron chi connectivity index (χ4n) is 3.51. The zero-order valence-corrected chi connectivity index (χ0v) is 17.4. The van der Waals surface area contributed by atoms with Crippen LogP contribution in [0.2, 0.25) is 0 Å². The Morgan fingerprint density at radius 2 is 1.66 bits per heavy atom. The van der Waals surface area contributed by atoms with E-state index in [1.54, 1.807) is 25.1 Å². The van der Waals surface area contributed by atoms with E-state index in [9.17, 15) is 27.6 Å². The summed E-state index contributed by atoms with van der Waals surface area (Å²) in [4.78, 5) is 37.9. The summed E-state index contributed by atoms with van der Waals surface area (Å²) < 4.78 is 37.4. The number of anilines is 1. The number of carbonyl (C=O) groups is 3. The van der Waals surface area contributed by atoms with E-state index in [1.807, 2.05) is 30.3 Å². The number of halogens is 3. The summed E-state index contributed by atoms with van der Waals surface area (Å²) in [5, 5.41) is 3.27. The largest absolute Gasteiger partial charge is 0.391 e. The highest BCUT2D eigenvalue weighted by atomic mass is 19.4. The van der Waals surface area contributed by atoms with Crippen molar-refractivity contribution < 1.29 is 27.6 Å². The van der Waals surface area contributed by atoms with Gasteiger partial charge in [0.2, 0.25) is 5.91 Å². The maximum atomic E-state index is 13.2.